The van der Waals surface area contributed by atoms with Gasteiger partial charge >= 0.3 is 0 Å². The van der Waals surface area contributed by atoms with E-state index in [0.29, 0.717) is 17.7 Å². The van der Waals surface area contributed by atoms with Crippen LogP contribution in [-0.4, -0.2) is 36.2 Å². The van der Waals surface area contributed by atoms with Crippen LogP contribution in [0, 0.1) is 0 Å². The molecule has 7 heteroatoms. The van der Waals surface area contributed by atoms with Gasteiger partial charge in [-0.05, 0) is 46.6 Å². The van der Waals surface area contributed by atoms with Crippen molar-refractivity contribution in [1.29, 1.82) is 0 Å². The smallest absolute Gasteiger partial charge is 0.245 e. The van der Waals surface area contributed by atoms with E-state index in [2.05, 4.69) is 26.5 Å². The van der Waals surface area contributed by atoms with Crippen molar-refractivity contribution in [3.05, 3.63) is 28.2 Å². The zero-order valence-corrected chi connectivity index (χ0v) is 12.5. The van der Waals surface area contributed by atoms with Crippen molar-refractivity contribution in [2.75, 3.05) is 13.2 Å². The molecule has 0 unspecified atom stereocenters. The first-order chi connectivity index (χ1) is 9.48. The molecule has 1 aromatic rings. The molecule has 0 aromatic heterocycles. The van der Waals surface area contributed by atoms with Crippen LogP contribution in [-0.2, 0) is 14.3 Å². The van der Waals surface area contributed by atoms with Gasteiger partial charge in [0.15, 0.2) is 5.79 Å². The van der Waals surface area contributed by atoms with Crippen molar-refractivity contribution in [2.45, 2.75) is 19.1 Å². The number of hydrazone groups is 1. The van der Waals surface area contributed by atoms with Crippen LogP contribution in [0.15, 0.2) is 27.8 Å². The van der Waals surface area contributed by atoms with Gasteiger partial charge in [-0.15, -0.1) is 0 Å². The second-order valence-electron chi connectivity index (χ2n) is 4.51. The lowest BCUT2D eigenvalue weighted by atomic mass is 10.2. The lowest BCUT2D eigenvalue weighted by molar-refractivity contribution is -0.159. The van der Waals surface area contributed by atoms with Gasteiger partial charge in [-0.1, -0.05) is 0 Å². The highest BCUT2D eigenvalue weighted by Crippen LogP contribution is 2.23. The summed E-state index contributed by atoms with van der Waals surface area (Å²) in [6.07, 6.45) is 1.57. The summed E-state index contributed by atoms with van der Waals surface area (Å²) in [7, 11) is 0. The van der Waals surface area contributed by atoms with Crippen LogP contribution in [0.25, 0.3) is 0 Å². The summed E-state index contributed by atoms with van der Waals surface area (Å²) in [6, 6.07) is 4.91. The van der Waals surface area contributed by atoms with Crippen molar-refractivity contribution in [3.8, 4) is 5.75 Å². The second kappa shape index (κ2) is 6.34. The third-order valence-electron chi connectivity index (χ3n) is 2.75. The van der Waals surface area contributed by atoms with E-state index >= 15 is 0 Å². The summed E-state index contributed by atoms with van der Waals surface area (Å²) < 4.78 is 11.2. The van der Waals surface area contributed by atoms with E-state index in [1.807, 2.05) is 0 Å². The Morgan fingerprint density at radius 2 is 2.25 bits per heavy atom. The maximum atomic E-state index is 11.7. The molecule has 0 saturated carbocycles. The van der Waals surface area contributed by atoms with Crippen LogP contribution in [0.2, 0.25) is 0 Å². The Kier molecular flexibility index (Phi) is 4.74. The minimum atomic E-state index is -0.860. The number of benzene rings is 1. The quantitative estimate of drug-likeness (QED) is 0.645. The van der Waals surface area contributed by atoms with Crippen LogP contribution >= 0.6 is 15.9 Å². The summed E-state index contributed by atoms with van der Waals surface area (Å²) in [5.41, 5.74) is 3.15. The maximum Gasteiger partial charge on any atom is 0.245 e. The first kappa shape index (κ1) is 15.0. The molecule has 0 atom stereocenters. The molecule has 1 aromatic carbocycles. The van der Waals surface area contributed by atoms with Gasteiger partial charge in [0.2, 0.25) is 5.91 Å². The fraction of sp³-hybridized carbons (Fsp3) is 0.385. The number of carbonyl (C=O) groups excluding carboxylic acids is 1. The second-order valence-corrected chi connectivity index (χ2v) is 5.37. The molecule has 1 fully saturated rings. The van der Waals surface area contributed by atoms with E-state index < -0.39 is 5.79 Å². The number of halogens is 1. The van der Waals surface area contributed by atoms with Crippen molar-refractivity contribution in [1.82, 2.24) is 5.43 Å². The SMILES string of the molecule is CC1(CC(=O)N/N=C/c2ccc(O)c(Br)c2)OCCO1. The molecule has 1 heterocycles. The molecule has 0 aliphatic carbocycles. The Morgan fingerprint density at radius 3 is 2.90 bits per heavy atom. The number of aromatic hydroxyl groups is 1. The Morgan fingerprint density at radius 1 is 1.55 bits per heavy atom. The zero-order chi connectivity index (χ0) is 14.6. The summed E-state index contributed by atoms with van der Waals surface area (Å²) in [6.45, 7) is 2.71. The fourth-order valence-corrected chi connectivity index (χ4v) is 2.17. The van der Waals surface area contributed by atoms with Crippen molar-refractivity contribution < 1.29 is 19.4 Å². The molecule has 1 aliphatic heterocycles. The Bertz CT molecular complexity index is 527. The average Bonchev–Trinajstić information content (AvgIpc) is 2.80. The van der Waals surface area contributed by atoms with Gasteiger partial charge in [-0.25, -0.2) is 5.43 Å². The summed E-state index contributed by atoms with van der Waals surface area (Å²) in [4.78, 5) is 11.7. The summed E-state index contributed by atoms with van der Waals surface area (Å²) >= 11 is 3.20. The molecule has 6 nitrogen and oxygen atoms in total. The molecule has 1 aliphatic rings. The molecule has 108 valence electrons. The van der Waals surface area contributed by atoms with E-state index in [1.165, 1.54) is 12.3 Å². The maximum absolute atomic E-state index is 11.7. The fourth-order valence-electron chi connectivity index (χ4n) is 1.77. The van der Waals surface area contributed by atoms with Crippen molar-refractivity contribution in [3.63, 3.8) is 0 Å². The third kappa shape index (κ3) is 4.03. The zero-order valence-electron chi connectivity index (χ0n) is 10.9. The van der Waals surface area contributed by atoms with Crippen molar-refractivity contribution in [2.24, 2.45) is 5.10 Å². The molecule has 20 heavy (non-hydrogen) atoms. The minimum absolute atomic E-state index is 0.0869. The average molecular weight is 343 g/mol. The first-order valence-electron chi connectivity index (χ1n) is 6.07. The van der Waals surface area contributed by atoms with Crippen LogP contribution in [0.3, 0.4) is 0 Å². The summed E-state index contributed by atoms with van der Waals surface area (Å²) in [5, 5.41) is 13.2. The van der Waals surface area contributed by atoms with Crippen LogP contribution in [0.1, 0.15) is 18.9 Å². The lowest BCUT2D eigenvalue weighted by Gasteiger charge is -2.20. The molecule has 0 bridgehead atoms. The highest BCUT2D eigenvalue weighted by molar-refractivity contribution is 9.10. The van der Waals surface area contributed by atoms with Crippen LogP contribution < -0.4 is 5.43 Å². The number of nitrogens with zero attached hydrogens (tertiary/aromatic N) is 1. The predicted molar refractivity (Wildman–Crippen MR) is 76.5 cm³/mol. The normalized spacial score (nSPS) is 17.5. The molecule has 0 radical (unpaired) electrons. The predicted octanol–water partition coefficient (Wildman–Crippen LogP) is 1.76. The van der Waals surface area contributed by atoms with E-state index in [-0.39, 0.29) is 18.1 Å². The monoisotopic (exact) mass is 342 g/mol. The van der Waals surface area contributed by atoms with Gasteiger partial charge < -0.3 is 14.6 Å². The number of amides is 1. The van der Waals surface area contributed by atoms with Gasteiger partial charge in [0.1, 0.15) is 5.75 Å². The Balaban J connectivity index is 1.86. The number of phenolic OH excluding ortho intramolecular Hbond substituents is 1. The number of carbonyl (C=O) groups is 1. The molecule has 2 rings (SSSR count). The highest BCUT2D eigenvalue weighted by atomic mass is 79.9. The van der Waals surface area contributed by atoms with Gasteiger partial charge in [-0.3, -0.25) is 4.79 Å². The lowest BCUT2D eigenvalue weighted by Crippen LogP contribution is -2.33. The van der Waals surface area contributed by atoms with E-state index in [4.69, 9.17) is 9.47 Å². The first-order valence-corrected chi connectivity index (χ1v) is 6.86. The van der Waals surface area contributed by atoms with E-state index in [0.717, 1.165) is 5.56 Å². The Labute approximate surface area is 124 Å². The Hall–Kier alpha value is -1.44. The number of hydrogen-bond donors (Lipinski definition) is 2. The van der Waals surface area contributed by atoms with Crippen LogP contribution in [0.4, 0.5) is 0 Å². The summed E-state index contributed by atoms with van der Waals surface area (Å²) in [5.74, 6) is -1.00. The topological polar surface area (TPSA) is 80.2 Å². The van der Waals surface area contributed by atoms with Gasteiger partial charge in [0.25, 0.3) is 0 Å². The molecule has 2 N–H and O–H groups in total. The molecule has 1 saturated heterocycles. The van der Waals surface area contributed by atoms with Gasteiger partial charge in [0.05, 0.1) is 30.3 Å². The number of hydrogen-bond acceptors (Lipinski definition) is 5. The minimum Gasteiger partial charge on any atom is -0.507 e. The van der Waals surface area contributed by atoms with E-state index in [9.17, 15) is 9.90 Å². The molecular formula is C13H15BrN2O4. The van der Waals surface area contributed by atoms with Gasteiger partial charge in [0, 0.05) is 0 Å². The van der Waals surface area contributed by atoms with Crippen molar-refractivity contribution >= 4 is 28.1 Å². The highest BCUT2D eigenvalue weighted by Gasteiger charge is 2.33. The molecule has 1 amide bonds. The van der Waals surface area contributed by atoms with E-state index in [1.54, 1.807) is 19.1 Å². The molecule has 0 spiro atoms. The standard InChI is InChI=1S/C13H15BrN2O4/c1-13(19-4-5-20-13)7-12(18)16-15-8-9-2-3-11(17)10(14)6-9/h2-3,6,8,17H,4-5,7H2,1H3,(H,16,18)/b15-8+. The number of rotatable bonds is 4. The van der Waals surface area contributed by atoms with Crippen LogP contribution in [0.5, 0.6) is 5.75 Å². The number of ether oxygens (including phenoxy) is 2. The molecular weight excluding hydrogens is 328 g/mol. The van der Waals surface area contributed by atoms with Gasteiger partial charge in [-0.2, -0.15) is 5.10 Å². The largest absolute Gasteiger partial charge is 0.507 e. The number of phenols is 1. The third-order valence-corrected chi connectivity index (χ3v) is 3.39. The number of nitrogens with one attached hydrogen (secondary N) is 1.